The third-order valence-electron chi connectivity index (χ3n) is 3.23. The van der Waals surface area contributed by atoms with E-state index in [1.54, 1.807) is 17.4 Å². The maximum absolute atomic E-state index is 12.9. The zero-order chi connectivity index (χ0) is 17.6. The topological polar surface area (TPSA) is 59.8 Å². The molecule has 0 unspecified atom stereocenters. The molecule has 0 aliphatic heterocycles. The van der Waals surface area contributed by atoms with Crippen LogP contribution in [0.1, 0.15) is 0 Å². The zero-order valence-electron chi connectivity index (χ0n) is 13.2. The fraction of sp³-hybridized carbons (Fsp3) is 0.118. The Bertz CT molecular complexity index is 859. The fourth-order valence-corrected chi connectivity index (χ4v) is 3.60. The quantitative estimate of drug-likeness (QED) is 0.500. The van der Waals surface area contributed by atoms with Crippen molar-refractivity contribution >= 4 is 34.7 Å². The fourth-order valence-electron chi connectivity index (χ4n) is 2.14. The van der Waals surface area contributed by atoms with Gasteiger partial charge < -0.3 is 5.32 Å². The number of carbonyl (C=O) groups is 1. The highest BCUT2D eigenvalue weighted by molar-refractivity contribution is 7.99. The number of thioether (sulfide) groups is 1. The summed E-state index contributed by atoms with van der Waals surface area (Å²) in [5.41, 5.74) is 0.554. The van der Waals surface area contributed by atoms with Crippen LogP contribution in [0.2, 0.25) is 0 Å². The number of halogens is 1. The third kappa shape index (κ3) is 4.34. The highest BCUT2D eigenvalue weighted by atomic mass is 32.2. The molecular weight excluding hydrogens is 359 g/mol. The van der Waals surface area contributed by atoms with Gasteiger partial charge in [-0.1, -0.05) is 23.9 Å². The van der Waals surface area contributed by atoms with Crippen molar-refractivity contribution in [1.29, 1.82) is 0 Å². The first kappa shape index (κ1) is 17.4. The van der Waals surface area contributed by atoms with Gasteiger partial charge in [-0.2, -0.15) is 0 Å². The summed E-state index contributed by atoms with van der Waals surface area (Å²) < 4.78 is 14.8. The first-order chi connectivity index (χ1) is 12.2. The highest BCUT2D eigenvalue weighted by Crippen LogP contribution is 2.27. The van der Waals surface area contributed by atoms with Crippen molar-refractivity contribution in [1.82, 2.24) is 14.8 Å². The van der Waals surface area contributed by atoms with Crippen LogP contribution in [0.25, 0.3) is 10.7 Å². The molecule has 0 radical (unpaired) electrons. The van der Waals surface area contributed by atoms with Crippen LogP contribution in [0, 0.1) is 5.82 Å². The maximum Gasteiger partial charge on any atom is 0.234 e. The molecule has 1 amide bonds. The lowest BCUT2D eigenvalue weighted by Crippen LogP contribution is -2.14. The molecule has 1 aromatic carbocycles. The Morgan fingerprint density at radius 3 is 2.80 bits per heavy atom. The molecule has 0 fully saturated rings. The molecule has 0 saturated carbocycles. The summed E-state index contributed by atoms with van der Waals surface area (Å²) in [7, 11) is 0. The number of nitrogens with one attached hydrogen (secondary N) is 1. The molecule has 3 rings (SSSR count). The molecule has 0 aliphatic carbocycles. The minimum atomic E-state index is -0.342. The van der Waals surface area contributed by atoms with Crippen LogP contribution in [-0.2, 0) is 11.3 Å². The number of carbonyl (C=O) groups excluding carboxylic acids is 1. The number of thiophene rings is 1. The predicted octanol–water partition coefficient (Wildman–Crippen LogP) is 4.06. The Labute approximate surface area is 152 Å². The standard InChI is InChI=1S/C17H15FN4OS2/c1-2-9-22-16(14-4-3-10-24-14)20-21-17(22)25-11-15(23)19-13-7-5-12(18)6-8-13/h2-8,10H,1,9,11H2,(H,19,23). The lowest BCUT2D eigenvalue weighted by atomic mass is 10.3. The van der Waals surface area contributed by atoms with Gasteiger partial charge in [0.05, 0.1) is 10.6 Å². The van der Waals surface area contributed by atoms with E-state index in [4.69, 9.17) is 0 Å². The number of amides is 1. The molecule has 2 heterocycles. The van der Waals surface area contributed by atoms with E-state index >= 15 is 0 Å². The molecule has 0 aliphatic rings. The van der Waals surface area contributed by atoms with Gasteiger partial charge in [0, 0.05) is 12.2 Å². The monoisotopic (exact) mass is 374 g/mol. The molecule has 5 nitrogen and oxygen atoms in total. The first-order valence-corrected chi connectivity index (χ1v) is 9.30. The SMILES string of the molecule is C=CCn1c(SCC(=O)Nc2ccc(F)cc2)nnc1-c1cccs1. The van der Waals surface area contributed by atoms with Gasteiger partial charge in [-0.3, -0.25) is 9.36 Å². The second-order valence-electron chi connectivity index (χ2n) is 5.03. The molecule has 8 heteroatoms. The van der Waals surface area contributed by atoms with Crippen LogP contribution in [0.4, 0.5) is 10.1 Å². The molecular formula is C17H15FN4OS2. The summed E-state index contributed by atoms with van der Waals surface area (Å²) in [6, 6.07) is 9.58. The normalized spacial score (nSPS) is 10.6. The second-order valence-corrected chi connectivity index (χ2v) is 6.92. The number of hydrogen-bond donors (Lipinski definition) is 1. The van der Waals surface area contributed by atoms with Gasteiger partial charge in [0.25, 0.3) is 0 Å². The molecule has 0 atom stereocenters. The maximum atomic E-state index is 12.9. The Hall–Kier alpha value is -2.45. The second kappa shape index (κ2) is 8.09. The molecule has 3 aromatic rings. The van der Waals surface area contributed by atoms with E-state index < -0.39 is 0 Å². The molecule has 0 spiro atoms. The predicted molar refractivity (Wildman–Crippen MR) is 99.3 cm³/mol. The molecule has 25 heavy (non-hydrogen) atoms. The van der Waals surface area contributed by atoms with Gasteiger partial charge >= 0.3 is 0 Å². The molecule has 0 saturated heterocycles. The minimum Gasteiger partial charge on any atom is -0.325 e. The van der Waals surface area contributed by atoms with Crippen LogP contribution in [-0.4, -0.2) is 26.4 Å². The van der Waals surface area contributed by atoms with E-state index in [0.29, 0.717) is 17.4 Å². The number of aromatic nitrogens is 3. The van der Waals surface area contributed by atoms with Gasteiger partial charge in [-0.25, -0.2) is 4.39 Å². The summed E-state index contributed by atoms with van der Waals surface area (Å²) in [4.78, 5) is 13.1. The number of benzene rings is 1. The van der Waals surface area contributed by atoms with Gasteiger partial charge in [-0.15, -0.1) is 28.1 Å². The average Bonchev–Trinajstić information content (AvgIpc) is 3.25. The van der Waals surface area contributed by atoms with Crippen molar-refractivity contribution in [2.75, 3.05) is 11.1 Å². The van der Waals surface area contributed by atoms with E-state index in [2.05, 4.69) is 22.1 Å². The lowest BCUT2D eigenvalue weighted by Gasteiger charge is -2.07. The van der Waals surface area contributed by atoms with Crippen LogP contribution in [0.15, 0.2) is 59.6 Å². The van der Waals surface area contributed by atoms with Crippen LogP contribution < -0.4 is 5.32 Å². The molecule has 0 bridgehead atoms. The Morgan fingerprint density at radius 2 is 2.12 bits per heavy atom. The number of nitrogens with zero attached hydrogens (tertiary/aromatic N) is 3. The van der Waals surface area contributed by atoms with E-state index in [0.717, 1.165) is 10.7 Å². The van der Waals surface area contributed by atoms with Gasteiger partial charge in [0.2, 0.25) is 5.91 Å². The van der Waals surface area contributed by atoms with E-state index in [1.165, 1.54) is 36.0 Å². The number of anilines is 1. The van der Waals surface area contributed by atoms with Gasteiger partial charge in [-0.05, 0) is 35.7 Å². The van der Waals surface area contributed by atoms with Crippen molar-refractivity contribution in [3.05, 3.63) is 60.3 Å². The van der Waals surface area contributed by atoms with Gasteiger partial charge in [0.1, 0.15) is 5.82 Å². The van der Waals surface area contributed by atoms with Gasteiger partial charge in [0.15, 0.2) is 11.0 Å². The summed E-state index contributed by atoms with van der Waals surface area (Å²) in [6.45, 7) is 4.32. The summed E-state index contributed by atoms with van der Waals surface area (Å²) in [5, 5.41) is 13.8. The summed E-state index contributed by atoms with van der Waals surface area (Å²) >= 11 is 2.88. The molecule has 128 valence electrons. The first-order valence-electron chi connectivity index (χ1n) is 7.43. The van der Waals surface area contributed by atoms with Crippen molar-refractivity contribution in [2.24, 2.45) is 0 Å². The van der Waals surface area contributed by atoms with Crippen LogP contribution in [0.5, 0.6) is 0 Å². The largest absolute Gasteiger partial charge is 0.325 e. The summed E-state index contributed by atoms with van der Waals surface area (Å²) in [6.07, 6.45) is 1.77. The Kier molecular flexibility index (Phi) is 5.62. The third-order valence-corrected chi connectivity index (χ3v) is 5.06. The lowest BCUT2D eigenvalue weighted by molar-refractivity contribution is -0.113. The summed E-state index contributed by atoms with van der Waals surface area (Å²) in [5.74, 6) is 0.404. The van der Waals surface area contributed by atoms with E-state index in [9.17, 15) is 9.18 Å². The van der Waals surface area contributed by atoms with Crippen LogP contribution >= 0.6 is 23.1 Å². The number of rotatable bonds is 7. The number of hydrogen-bond acceptors (Lipinski definition) is 5. The highest BCUT2D eigenvalue weighted by Gasteiger charge is 2.15. The van der Waals surface area contributed by atoms with Crippen molar-refractivity contribution < 1.29 is 9.18 Å². The minimum absolute atomic E-state index is 0.178. The van der Waals surface area contributed by atoms with E-state index in [1.807, 2.05) is 22.1 Å². The molecule has 2 aromatic heterocycles. The van der Waals surface area contributed by atoms with Crippen molar-refractivity contribution in [3.63, 3.8) is 0 Å². The molecule has 1 N–H and O–H groups in total. The average molecular weight is 374 g/mol. The van der Waals surface area contributed by atoms with Crippen LogP contribution in [0.3, 0.4) is 0 Å². The number of allylic oxidation sites excluding steroid dienone is 1. The van der Waals surface area contributed by atoms with Crippen molar-refractivity contribution in [2.45, 2.75) is 11.7 Å². The smallest absolute Gasteiger partial charge is 0.234 e. The zero-order valence-corrected chi connectivity index (χ0v) is 14.8. The van der Waals surface area contributed by atoms with Crippen molar-refractivity contribution in [3.8, 4) is 10.7 Å². The van der Waals surface area contributed by atoms with E-state index in [-0.39, 0.29) is 17.5 Å². The Morgan fingerprint density at radius 1 is 1.32 bits per heavy atom. The Balaban J connectivity index is 1.67.